The zero-order valence-corrected chi connectivity index (χ0v) is 10.3. The highest BCUT2D eigenvalue weighted by molar-refractivity contribution is 7.78. The van der Waals surface area contributed by atoms with E-state index in [4.69, 9.17) is 0 Å². The molecule has 2 nitrogen and oxygen atoms in total. The maximum atomic E-state index is 4.56. The van der Waals surface area contributed by atoms with E-state index in [2.05, 4.69) is 46.7 Å². The van der Waals surface area contributed by atoms with Gasteiger partial charge in [0.25, 0.3) is 0 Å². The molecule has 0 saturated carbocycles. The van der Waals surface area contributed by atoms with Crippen molar-refractivity contribution in [3.05, 3.63) is 54.1 Å². The van der Waals surface area contributed by atoms with Crippen LogP contribution in [0, 0.1) is 6.92 Å². The average Bonchev–Trinajstić information content (AvgIpc) is 2.35. The van der Waals surface area contributed by atoms with Crippen LogP contribution in [-0.4, -0.2) is 5.16 Å². The third-order valence-electron chi connectivity index (χ3n) is 2.47. The molecule has 0 radical (unpaired) electrons. The Balaban J connectivity index is 2.19. The number of hydrogen-bond donors (Lipinski definition) is 1. The lowest BCUT2D eigenvalue weighted by Gasteiger charge is -2.09. The summed E-state index contributed by atoms with van der Waals surface area (Å²) in [6.45, 7) is 2.08. The summed E-state index contributed by atoms with van der Waals surface area (Å²) < 4.78 is 0. The van der Waals surface area contributed by atoms with E-state index in [1.807, 2.05) is 36.4 Å². The summed E-state index contributed by atoms with van der Waals surface area (Å²) in [4.78, 5) is 3.91. The normalized spacial score (nSPS) is 9.47. The lowest BCUT2D eigenvalue weighted by Crippen LogP contribution is -1.91. The van der Waals surface area contributed by atoms with Crippen molar-refractivity contribution in [2.45, 2.75) is 6.92 Å². The van der Waals surface area contributed by atoms with Gasteiger partial charge in [0.15, 0.2) is 0 Å². The van der Waals surface area contributed by atoms with Gasteiger partial charge in [0.2, 0.25) is 0 Å². The van der Waals surface area contributed by atoms with Crippen LogP contribution in [0.15, 0.2) is 53.5 Å². The van der Waals surface area contributed by atoms with Crippen LogP contribution in [0.5, 0.6) is 0 Å². The minimum absolute atomic E-state index is 0.815. The number of isothiocyanates is 1. The first kappa shape index (κ1) is 11.5. The van der Waals surface area contributed by atoms with Crippen molar-refractivity contribution < 1.29 is 0 Å². The molecule has 0 saturated heterocycles. The fraction of sp³-hybridized carbons (Fsp3) is 0.0714. The van der Waals surface area contributed by atoms with Crippen LogP contribution in [0.1, 0.15) is 5.56 Å². The first-order valence-corrected chi connectivity index (χ1v) is 5.71. The van der Waals surface area contributed by atoms with Crippen LogP contribution in [-0.2, 0) is 0 Å². The van der Waals surface area contributed by atoms with Gasteiger partial charge in [-0.05, 0) is 55.0 Å². The summed E-state index contributed by atoms with van der Waals surface area (Å²) in [6.07, 6.45) is 0. The summed E-state index contributed by atoms with van der Waals surface area (Å²) in [5.41, 5.74) is 4.17. The third-order valence-corrected chi connectivity index (χ3v) is 2.56. The number of hydrogen-bond acceptors (Lipinski definition) is 3. The van der Waals surface area contributed by atoms with Crippen LogP contribution in [0.2, 0.25) is 0 Å². The van der Waals surface area contributed by atoms with Crippen molar-refractivity contribution in [1.82, 2.24) is 0 Å². The van der Waals surface area contributed by atoms with E-state index in [0.717, 1.165) is 17.1 Å². The van der Waals surface area contributed by atoms with E-state index in [1.54, 1.807) is 0 Å². The van der Waals surface area contributed by atoms with E-state index in [1.165, 1.54) is 5.56 Å². The van der Waals surface area contributed by atoms with Gasteiger partial charge >= 0.3 is 0 Å². The molecule has 0 fully saturated rings. The number of anilines is 2. The Bertz CT molecular complexity index is 555. The van der Waals surface area contributed by atoms with Gasteiger partial charge in [0.05, 0.1) is 10.8 Å². The molecular weight excluding hydrogens is 228 g/mol. The van der Waals surface area contributed by atoms with Gasteiger partial charge in [-0.3, -0.25) is 0 Å². The fourth-order valence-corrected chi connectivity index (χ4v) is 1.65. The first-order chi connectivity index (χ1) is 8.29. The topological polar surface area (TPSA) is 24.4 Å². The predicted octanol–water partition coefficient (Wildman–Crippen LogP) is 4.47. The largest absolute Gasteiger partial charge is 0.355 e. The van der Waals surface area contributed by atoms with Gasteiger partial charge < -0.3 is 5.32 Å². The Morgan fingerprint density at radius 2 is 1.76 bits per heavy atom. The second-order valence-corrected chi connectivity index (χ2v) is 3.87. The zero-order valence-electron chi connectivity index (χ0n) is 9.47. The summed E-state index contributed by atoms with van der Waals surface area (Å²) in [7, 11) is 0. The molecule has 0 heterocycles. The summed E-state index contributed by atoms with van der Waals surface area (Å²) in [6, 6.07) is 15.9. The molecule has 0 unspecified atom stereocenters. The number of benzene rings is 2. The number of nitrogens with one attached hydrogen (secondary N) is 1. The molecular formula is C14H12N2S. The van der Waals surface area contributed by atoms with Crippen molar-refractivity contribution in [3.63, 3.8) is 0 Å². The molecule has 0 spiro atoms. The van der Waals surface area contributed by atoms with Crippen LogP contribution in [0.4, 0.5) is 17.1 Å². The number of para-hydroxylation sites is 1. The number of aliphatic imine (C=N–C) groups is 1. The third kappa shape index (κ3) is 3.00. The molecule has 0 aliphatic rings. The maximum absolute atomic E-state index is 4.56. The van der Waals surface area contributed by atoms with Crippen molar-refractivity contribution in [1.29, 1.82) is 0 Å². The number of thiocarbonyl (C=S) groups is 1. The predicted molar refractivity (Wildman–Crippen MR) is 75.6 cm³/mol. The number of nitrogens with zero attached hydrogens (tertiary/aromatic N) is 1. The van der Waals surface area contributed by atoms with Crippen molar-refractivity contribution in [3.8, 4) is 0 Å². The highest BCUT2D eigenvalue weighted by atomic mass is 32.1. The van der Waals surface area contributed by atoms with Crippen LogP contribution < -0.4 is 5.32 Å². The fourth-order valence-electron chi connectivity index (χ4n) is 1.54. The smallest absolute Gasteiger partial charge is 0.0741 e. The SMILES string of the molecule is Cc1ccccc1Nc1ccc(N=C=S)cc1. The van der Waals surface area contributed by atoms with E-state index >= 15 is 0 Å². The second kappa shape index (κ2) is 5.39. The molecule has 2 aromatic rings. The highest BCUT2D eigenvalue weighted by Crippen LogP contribution is 2.22. The molecule has 84 valence electrons. The molecule has 2 aromatic carbocycles. The minimum atomic E-state index is 0.815. The highest BCUT2D eigenvalue weighted by Gasteiger charge is 1.97. The lowest BCUT2D eigenvalue weighted by atomic mass is 10.2. The monoisotopic (exact) mass is 240 g/mol. The standard InChI is InChI=1S/C14H12N2S/c1-11-4-2-3-5-14(11)16-13-8-6-12(7-9-13)15-10-17/h2-9,16H,1H3. The molecule has 0 aliphatic carbocycles. The summed E-state index contributed by atoms with van der Waals surface area (Å²) in [5, 5.41) is 5.70. The Kier molecular flexibility index (Phi) is 3.66. The van der Waals surface area contributed by atoms with Gasteiger partial charge in [-0.2, -0.15) is 4.99 Å². The van der Waals surface area contributed by atoms with Crippen LogP contribution >= 0.6 is 12.2 Å². The lowest BCUT2D eigenvalue weighted by molar-refractivity contribution is 1.43. The Morgan fingerprint density at radius 3 is 2.41 bits per heavy atom. The van der Waals surface area contributed by atoms with Gasteiger partial charge in [-0.25, -0.2) is 0 Å². The first-order valence-electron chi connectivity index (χ1n) is 5.30. The number of rotatable bonds is 3. The average molecular weight is 240 g/mol. The van der Waals surface area contributed by atoms with E-state index in [-0.39, 0.29) is 0 Å². The Morgan fingerprint density at radius 1 is 1.06 bits per heavy atom. The van der Waals surface area contributed by atoms with Gasteiger partial charge in [0, 0.05) is 11.4 Å². The Hall–Kier alpha value is -1.96. The zero-order chi connectivity index (χ0) is 12.1. The van der Waals surface area contributed by atoms with Crippen molar-refractivity contribution in [2.75, 3.05) is 5.32 Å². The van der Waals surface area contributed by atoms with Crippen molar-refractivity contribution in [2.24, 2.45) is 4.99 Å². The number of aryl methyl sites for hydroxylation is 1. The van der Waals surface area contributed by atoms with E-state index in [0.29, 0.717) is 0 Å². The molecule has 0 aliphatic heterocycles. The molecule has 0 aromatic heterocycles. The Labute approximate surface area is 106 Å². The van der Waals surface area contributed by atoms with Gasteiger partial charge in [-0.1, -0.05) is 18.2 Å². The second-order valence-electron chi connectivity index (χ2n) is 3.69. The van der Waals surface area contributed by atoms with Crippen LogP contribution in [0.3, 0.4) is 0 Å². The van der Waals surface area contributed by atoms with Gasteiger partial charge in [0.1, 0.15) is 0 Å². The molecule has 2 rings (SSSR count). The summed E-state index contributed by atoms with van der Waals surface area (Å²) in [5.74, 6) is 0. The van der Waals surface area contributed by atoms with E-state index < -0.39 is 0 Å². The summed E-state index contributed by atoms with van der Waals surface area (Å²) >= 11 is 4.56. The quantitative estimate of drug-likeness (QED) is 0.632. The van der Waals surface area contributed by atoms with Gasteiger partial charge in [-0.15, -0.1) is 0 Å². The van der Waals surface area contributed by atoms with E-state index in [9.17, 15) is 0 Å². The molecule has 0 atom stereocenters. The molecule has 0 bridgehead atoms. The maximum Gasteiger partial charge on any atom is 0.0741 e. The minimum Gasteiger partial charge on any atom is -0.355 e. The molecule has 17 heavy (non-hydrogen) atoms. The molecule has 3 heteroatoms. The molecule has 0 amide bonds. The van der Waals surface area contributed by atoms with Crippen LogP contribution in [0.25, 0.3) is 0 Å². The molecule has 1 N–H and O–H groups in total. The van der Waals surface area contributed by atoms with Crippen molar-refractivity contribution >= 4 is 34.4 Å².